The van der Waals surface area contributed by atoms with Crippen LogP contribution in [0.4, 0.5) is 0 Å². The number of unbranched alkanes of at least 4 members (excludes halogenated alkanes) is 1. The van der Waals surface area contributed by atoms with Gasteiger partial charge in [-0.1, -0.05) is 49.2 Å². The number of carbonyl (C=O) groups excluding carboxylic acids is 1. The number of rotatable bonds is 10. The number of ether oxygens (including phenoxy) is 2. The monoisotopic (exact) mass is 454 g/mol. The van der Waals surface area contributed by atoms with E-state index in [1.807, 2.05) is 49.4 Å². The van der Waals surface area contributed by atoms with Crippen LogP contribution in [-0.4, -0.2) is 24.7 Å². The number of amides is 1. The maximum Gasteiger partial charge on any atom is 0.251 e. The molecular weight excluding hydrogens is 424 g/mol. The minimum Gasteiger partial charge on any atom is -0.493 e. The molecule has 0 atom stereocenters. The fourth-order valence-corrected chi connectivity index (χ4v) is 4.47. The molecule has 0 fully saturated rings. The zero-order chi connectivity index (χ0) is 23.3. The second-order valence-corrected chi connectivity index (χ2v) is 8.23. The molecule has 0 spiro atoms. The Bertz CT molecular complexity index is 1100. The maximum absolute atomic E-state index is 12.5. The van der Waals surface area contributed by atoms with Gasteiger partial charge in [-0.15, -0.1) is 0 Å². The van der Waals surface area contributed by atoms with Crippen LogP contribution >= 0.6 is 11.6 Å². The van der Waals surface area contributed by atoms with E-state index in [0.717, 1.165) is 53.8 Å². The molecule has 2 N–H and O–H groups in total. The average molecular weight is 455 g/mol. The SMILES string of the molecule is CCCCc1c(-c2ccccc2Cl)c(C(N)=O)c(C)n1CCc1ccc(OC)c(OC)c1. The molecule has 170 valence electrons. The van der Waals surface area contributed by atoms with Crippen LogP contribution < -0.4 is 15.2 Å². The normalized spacial score (nSPS) is 10.9. The predicted molar refractivity (Wildman–Crippen MR) is 130 cm³/mol. The van der Waals surface area contributed by atoms with Crippen LogP contribution in [0.25, 0.3) is 11.1 Å². The highest BCUT2D eigenvalue weighted by molar-refractivity contribution is 6.33. The fourth-order valence-electron chi connectivity index (χ4n) is 4.24. The highest BCUT2D eigenvalue weighted by atomic mass is 35.5. The highest BCUT2D eigenvalue weighted by Crippen LogP contribution is 2.38. The van der Waals surface area contributed by atoms with Gasteiger partial charge in [0.2, 0.25) is 0 Å². The lowest BCUT2D eigenvalue weighted by Crippen LogP contribution is -2.14. The summed E-state index contributed by atoms with van der Waals surface area (Å²) in [4.78, 5) is 12.5. The number of benzene rings is 2. The van der Waals surface area contributed by atoms with Crippen molar-refractivity contribution in [1.29, 1.82) is 0 Å². The molecule has 0 aliphatic heterocycles. The Labute approximate surface area is 195 Å². The smallest absolute Gasteiger partial charge is 0.251 e. The van der Waals surface area contributed by atoms with Gasteiger partial charge in [-0.05, 0) is 49.9 Å². The van der Waals surface area contributed by atoms with Gasteiger partial charge in [0.05, 0.1) is 19.8 Å². The van der Waals surface area contributed by atoms with E-state index in [9.17, 15) is 4.79 Å². The highest BCUT2D eigenvalue weighted by Gasteiger charge is 2.25. The molecule has 0 aliphatic rings. The van der Waals surface area contributed by atoms with Crippen molar-refractivity contribution in [3.05, 3.63) is 70.0 Å². The van der Waals surface area contributed by atoms with E-state index in [1.54, 1.807) is 14.2 Å². The molecule has 1 amide bonds. The lowest BCUT2D eigenvalue weighted by atomic mass is 9.97. The van der Waals surface area contributed by atoms with Crippen molar-refractivity contribution < 1.29 is 14.3 Å². The first-order chi connectivity index (χ1) is 15.4. The number of methoxy groups -OCH3 is 2. The van der Waals surface area contributed by atoms with Crippen molar-refractivity contribution in [3.8, 4) is 22.6 Å². The van der Waals surface area contributed by atoms with Gasteiger partial charge in [0.25, 0.3) is 5.91 Å². The second-order valence-electron chi connectivity index (χ2n) is 7.82. The number of nitrogens with two attached hydrogens (primary N) is 1. The molecule has 0 saturated heterocycles. The Morgan fingerprint density at radius 3 is 2.41 bits per heavy atom. The summed E-state index contributed by atoms with van der Waals surface area (Å²) in [5, 5.41) is 0.616. The van der Waals surface area contributed by atoms with Gasteiger partial charge < -0.3 is 19.8 Å². The van der Waals surface area contributed by atoms with Gasteiger partial charge in [-0.2, -0.15) is 0 Å². The number of primary amides is 1. The van der Waals surface area contributed by atoms with E-state index in [1.165, 1.54) is 0 Å². The Kier molecular flexibility index (Phi) is 7.86. The standard InChI is InChI=1S/C26H31ClN2O3/c1-5-6-11-21-25(19-9-7-8-10-20(19)27)24(26(28)30)17(2)29(21)15-14-18-12-13-22(31-3)23(16-18)32-4/h7-10,12-13,16H,5-6,11,14-15H2,1-4H3,(H2,28,30). The van der Waals surface area contributed by atoms with Crippen LogP contribution in [0.2, 0.25) is 5.02 Å². The van der Waals surface area contributed by atoms with Crippen LogP contribution in [0, 0.1) is 6.92 Å². The molecule has 0 radical (unpaired) electrons. The number of hydrogen-bond donors (Lipinski definition) is 1. The molecule has 0 aliphatic carbocycles. The predicted octanol–water partition coefficient (Wildman–Crippen LogP) is 5.82. The number of carbonyl (C=O) groups is 1. The number of aromatic nitrogens is 1. The summed E-state index contributed by atoms with van der Waals surface area (Å²) < 4.78 is 13.0. The van der Waals surface area contributed by atoms with E-state index in [-0.39, 0.29) is 0 Å². The van der Waals surface area contributed by atoms with Crippen molar-refractivity contribution in [2.24, 2.45) is 5.73 Å². The lowest BCUT2D eigenvalue weighted by Gasteiger charge is -2.15. The summed E-state index contributed by atoms with van der Waals surface area (Å²) in [5.74, 6) is 0.976. The number of nitrogens with zero attached hydrogens (tertiary/aromatic N) is 1. The first kappa shape index (κ1) is 23.7. The third kappa shape index (κ3) is 4.78. The topological polar surface area (TPSA) is 66.5 Å². The Morgan fingerprint density at radius 2 is 1.78 bits per heavy atom. The minimum absolute atomic E-state index is 0.431. The zero-order valence-corrected chi connectivity index (χ0v) is 20.0. The van der Waals surface area contributed by atoms with E-state index in [4.69, 9.17) is 26.8 Å². The third-order valence-electron chi connectivity index (χ3n) is 5.86. The van der Waals surface area contributed by atoms with Gasteiger partial charge in [0, 0.05) is 34.1 Å². The summed E-state index contributed by atoms with van der Waals surface area (Å²) in [6.07, 6.45) is 3.68. The number of hydrogen-bond acceptors (Lipinski definition) is 3. The van der Waals surface area contributed by atoms with Crippen LogP contribution in [0.15, 0.2) is 42.5 Å². The van der Waals surface area contributed by atoms with Crippen LogP contribution in [-0.2, 0) is 19.4 Å². The molecule has 0 unspecified atom stereocenters. The van der Waals surface area contributed by atoms with Crippen molar-refractivity contribution in [3.63, 3.8) is 0 Å². The third-order valence-corrected chi connectivity index (χ3v) is 6.19. The second kappa shape index (κ2) is 10.6. The number of halogens is 1. The van der Waals surface area contributed by atoms with E-state index >= 15 is 0 Å². The van der Waals surface area contributed by atoms with Crippen molar-refractivity contribution in [1.82, 2.24) is 4.57 Å². The van der Waals surface area contributed by atoms with E-state index in [2.05, 4.69) is 11.5 Å². The van der Waals surface area contributed by atoms with Gasteiger partial charge in [-0.3, -0.25) is 4.79 Å². The molecule has 5 nitrogen and oxygen atoms in total. The summed E-state index contributed by atoms with van der Waals surface area (Å²) in [7, 11) is 3.26. The molecule has 2 aromatic carbocycles. The zero-order valence-electron chi connectivity index (χ0n) is 19.2. The largest absolute Gasteiger partial charge is 0.493 e. The van der Waals surface area contributed by atoms with Crippen LogP contribution in [0.5, 0.6) is 11.5 Å². The summed E-state index contributed by atoms with van der Waals surface area (Å²) >= 11 is 6.55. The summed E-state index contributed by atoms with van der Waals surface area (Å²) in [6.45, 7) is 4.84. The van der Waals surface area contributed by atoms with E-state index in [0.29, 0.717) is 28.6 Å². The Hall–Kier alpha value is -2.92. The molecule has 1 heterocycles. The van der Waals surface area contributed by atoms with Gasteiger partial charge >= 0.3 is 0 Å². The summed E-state index contributed by atoms with van der Waals surface area (Å²) in [6, 6.07) is 13.6. The molecule has 32 heavy (non-hydrogen) atoms. The van der Waals surface area contributed by atoms with Crippen LogP contribution in [0.3, 0.4) is 0 Å². The molecular formula is C26H31ClN2O3. The van der Waals surface area contributed by atoms with Gasteiger partial charge in [-0.25, -0.2) is 0 Å². The van der Waals surface area contributed by atoms with Crippen molar-refractivity contribution in [2.45, 2.75) is 46.1 Å². The maximum atomic E-state index is 12.5. The van der Waals surface area contributed by atoms with E-state index < -0.39 is 5.91 Å². The van der Waals surface area contributed by atoms with Crippen LogP contribution in [0.1, 0.15) is 47.1 Å². The fraction of sp³-hybridized carbons (Fsp3) is 0.346. The molecule has 1 aromatic heterocycles. The quantitative estimate of drug-likeness (QED) is 0.419. The first-order valence-electron chi connectivity index (χ1n) is 10.9. The van der Waals surface area contributed by atoms with Gasteiger partial charge in [0.15, 0.2) is 11.5 Å². The average Bonchev–Trinajstić information content (AvgIpc) is 3.07. The first-order valence-corrected chi connectivity index (χ1v) is 11.3. The Balaban J connectivity index is 2.08. The molecule has 6 heteroatoms. The molecule has 3 aromatic rings. The Morgan fingerprint density at radius 1 is 1.06 bits per heavy atom. The molecule has 3 rings (SSSR count). The lowest BCUT2D eigenvalue weighted by molar-refractivity contribution is 0.1000. The summed E-state index contributed by atoms with van der Waals surface area (Å²) in [5.41, 5.74) is 11.2. The minimum atomic E-state index is -0.431. The van der Waals surface area contributed by atoms with Crippen molar-refractivity contribution >= 4 is 17.5 Å². The number of aryl methyl sites for hydroxylation is 1. The molecule has 0 bridgehead atoms. The van der Waals surface area contributed by atoms with Gasteiger partial charge in [0.1, 0.15) is 0 Å². The molecule has 0 saturated carbocycles. The van der Waals surface area contributed by atoms with Crippen molar-refractivity contribution in [2.75, 3.05) is 14.2 Å².